The Hall–Kier alpha value is -3.47. The van der Waals surface area contributed by atoms with Crippen molar-refractivity contribution in [1.29, 1.82) is 0 Å². The smallest absolute Gasteiger partial charge is 0.335 e. The Kier molecular flexibility index (Phi) is 4.85. The second kappa shape index (κ2) is 7.40. The summed E-state index contributed by atoms with van der Waals surface area (Å²) in [5.74, 6) is 0.504. The van der Waals surface area contributed by atoms with E-state index in [9.17, 15) is 4.79 Å². The normalized spacial score (nSPS) is 10.8. The molecule has 0 amide bonds. The van der Waals surface area contributed by atoms with Gasteiger partial charge in [0.2, 0.25) is 5.88 Å². The molecule has 5 heteroatoms. The summed E-state index contributed by atoms with van der Waals surface area (Å²) in [5, 5.41) is 8.97. The molecule has 3 rings (SSSR count). The summed E-state index contributed by atoms with van der Waals surface area (Å²) in [4.78, 5) is 19.8. The minimum absolute atomic E-state index is 0.202. The van der Waals surface area contributed by atoms with Crippen molar-refractivity contribution in [1.82, 2.24) is 9.97 Å². The van der Waals surface area contributed by atoms with Crippen molar-refractivity contribution in [3.63, 3.8) is 0 Å². The fourth-order valence-electron chi connectivity index (χ4n) is 2.25. The highest BCUT2D eigenvalue weighted by molar-refractivity contribution is 5.87. The molecular weight excluding hydrogens is 316 g/mol. The fourth-order valence-corrected chi connectivity index (χ4v) is 2.25. The predicted octanol–water partition coefficient (Wildman–Crippen LogP) is 4.67. The monoisotopic (exact) mass is 332 g/mol. The van der Waals surface area contributed by atoms with Gasteiger partial charge in [-0.3, -0.25) is 0 Å². The lowest BCUT2D eigenvalue weighted by molar-refractivity contribution is 0.0697. The lowest BCUT2D eigenvalue weighted by Crippen LogP contribution is -1.98. The van der Waals surface area contributed by atoms with E-state index in [1.807, 2.05) is 49.4 Å². The number of ether oxygens (including phenoxy) is 1. The summed E-state index contributed by atoms with van der Waals surface area (Å²) >= 11 is 0. The highest BCUT2D eigenvalue weighted by Gasteiger charge is 2.10. The largest absolute Gasteiger partial charge is 0.478 e. The van der Waals surface area contributed by atoms with Gasteiger partial charge < -0.3 is 9.84 Å². The van der Waals surface area contributed by atoms with E-state index >= 15 is 0 Å². The third-order valence-corrected chi connectivity index (χ3v) is 3.47. The third-order valence-electron chi connectivity index (χ3n) is 3.47. The maximum Gasteiger partial charge on any atom is 0.335 e. The molecule has 25 heavy (non-hydrogen) atoms. The Morgan fingerprint density at radius 3 is 2.44 bits per heavy atom. The Bertz CT molecular complexity index is 904. The topological polar surface area (TPSA) is 72.3 Å². The summed E-state index contributed by atoms with van der Waals surface area (Å²) < 4.78 is 5.86. The molecule has 0 radical (unpaired) electrons. The van der Waals surface area contributed by atoms with Crippen molar-refractivity contribution in [2.45, 2.75) is 6.92 Å². The van der Waals surface area contributed by atoms with Crippen molar-refractivity contribution < 1.29 is 14.6 Å². The molecule has 0 bridgehead atoms. The first-order valence-electron chi connectivity index (χ1n) is 7.74. The first kappa shape index (κ1) is 16.4. The average molecular weight is 332 g/mol. The number of nitrogens with zero attached hydrogens (tertiary/aromatic N) is 2. The fraction of sp³-hybridized carbons (Fsp3) is 0.0500. The average Bonchev–Trinajstić information content (AvgIpc) is 2.64. The van der Waals surface area contributed by atoms with Crippen LogP contribution in [0, 0.1) is 0 Å². The van der Waals surface area contributed by atoms with Crippen LogP contribution in [-0.2, 0) is 0 Å². The van der Waals surface area contributed by atoms with Crippen molar-refractivity contribution in [2.75, 3.05) is 0 Å². The van der Waals surface area contributed by atoms with Crippen LogP contribution in [0.3, 0.4) is 0 Å². The summed E-state index contributed by atoms with van der Waals surface area (Å²) in [7, 11) is 0. The van der Waals surface area contributed by atoms with E-state index in [0.717, 1.165) is 11.1 Å². The van der Waals surface area contributed by atoms with Crippen molar-refractivity contribution in [3.8, 4) is 23.0 Å². The van der Waals surface area contributed by atoms with Crippen LogP contribution >= 0.6 is 0 Å². The number of carboxylic acids is 1. The van der Waals surface area contributed by atoms with E-state index in [1.165, 1.54) is 12.1 Å². The van der Waals surface area contributed by atoms with Crippen molar-refractivity contribution >= 4 is 12.0 Å². The number of benzene rings is 2. The molecule has 5 nitrogen and oxygen atoms in total. The van der Waals surface area contributed by atoms with Crippen molar-refractivity contribution in [2.24, 2.45) is 0 Å². The molecule has 1 heterocycles. The van der Waals surface area contributed by atoms with Crippen LogP contribution in [0.2, 0.25) is 0 Å². The predicted molar refractivity (Wildman–Crippen MR) is 95.7 cm³/mol. The first-order chi connectivity index (χ1) is 12.2. The summed E-state index contributed by atoms with van der Waals surface area (Å²) in [6, 6.07) is 15.8. The number of hydrogen-bond acceptors (Lipinski definition) is 4. The summed E-state index contributed by atoms with van der Waals surface area (Å²) in [6.45, 7) is 1.90. The maximum absolute atomic E-state index is 10.9. The van der Waals surface area contributed by atoms with E-state index in [4.69, 9.17) is 9.84 Å². The molecule has 124 valence electrons. The maximum atomic E-state index is 10.9. The van der Waals surface area contributed by atoms with E-state index in [2.05, 4.69) is 9.97 Å². The van der Waals surface area contributed by atoms with Gasteiger partial charge in [-0.05, 0) is 31.2 Å². The lowest BCUT2D eigenvalue weighted by atomic mass is 10.2. The van der Waals surface area contributed by atoms with E-state index in [-0.39, 0.29) is 5.56 Å². The Morgan fingerprint density at radius 1 is 1.08 bits per heavy atom. The van der Waals surface area contributed by atoms with Gasteiger partial charge >= 0.3 is 5.97 Å². The molecule has 0 aliphatic heterocycles. The molecule has 0 unspecified atom stereocenters. The second-order valence-electron chi connectivity index (χ2n) is 5.25. The number of carboxylic acid groups (broad SMARTS) is 1. The van der Waals surface area contributed by atoms with Crippen LogP contribution in [0.25, 0.3) is 17.5 Å². The van der Waals surface area contributed by atoms with Gasteiger partial charge in [-0.15, -0.1) is 0 Å². The van der Waals surface area contributed by atoms with Gasteiger partial charge in [-0.2, -0.15) is 4.98 Å². The van der Waals surface area contributed by atoms with Gasteiger partial charge in [0, 0.05) is 11.8 Å². The second-order valence-corrected chi connectivity index (χ2v) is 5.25. The molecule has 0 saturated heterocycles. The quantitative estimate of drug-likeness (QED) is 0.735. The molecule has 2 aromatic carbocycles. The molecule has 1 N–H and O–H groups in total. The van der Waals surface area contributed by atoms with Crippen molar-refractivity contribution in [3.05, 3.63) is 78.0 Å². The van der Waals surface area contributed by atoms with Gasteiger partial charge in [0.1, 0.15) is 5.75 Å². The van der Waals surface area contributed by atoms with Crippen LogP contribution in [0.15, 0.2) is 66.9 Å². The Balaban J connectivity index is 1.96. The van der Waals surface area contributed by atoms with Crippen LogP contribution < -0.4 is 4.74 Å². The minimum atomic E-state index is -0.977. The first-order valence-corrected chi connectivity index (χ1v) is 7.74. The van der Waals surface area contributed by atoms with E-state index in [0.29, 0.717) is 17.5 Å². The van der Waals surface area contributed by atoms with Gasteiger partial charge in [-0.1, -0.05) is 42.5 Å². The van der Waals surface area contributed by atoms with Crippen LogP contribution in [0.5, 0.6) is 11.6 Å². The number of carbonyl (C=O) groups is 1. The van der Waals surface area contributed by atoms with Crippen LogP contribution in [0.1, 0.15) is 22.8 Å². The van der Waals surface area contributed by atoms with Crippen LogP contribution in [-0.4, -0.2) is 21.0 Å². The molecule has 0 aliphatic rings. The Morgan fingerprint density at radius 2 is 1.80 bits per heavy atom. The number of rotatable bonds is 5. The van der Waals surface area contributed by atoms with Gasteiger partial charge in [-0.25, -0.2) is 9.78 Å². The summed E-state index contributed by atoms with van der Waals surface area (Å²) in [6.07, 6.45) is 5.44. The molecule has 1 aromatic heterocycles. The molecule has 0 spiro atoms. The lowest BCUT2D eigenvalue weighted by Gasteiger charge is -2.10. The SMILES string of the molecule is C/C=C/c1cnc(-c2ccccc2)nc1Oc1ccc(C(=O)O)cc1. The highest BCUT2D eigenvalue weighted by atomic mass is 16.5. The zero-order chi connectivity index (χ0) is 17.6. The molecule has 0 aliphatic carbocycles. The molecule has 0 saturated carbocycles. The van der Waals surface area contributed by atoms with E-state index in [1.54, 1.807) is 18.3 Å². The minimum Gasteiger partial charge on any atom is -0.478 e. The molecular formula is C20H16N2O3. The van der Waals surface area contributed by atoms with Gasteiger partial charge in [0.05, 0.1) is 11.1 Å². The van der Waals surface area contributed by atoms with Gasteiger partial charge in [0.25, 0.3) is 0 Å². The number of aromatic carboxylic acids is 1. The molecule has 0 atom stereocenters. The van der Waals surface area contributed by atoms with Gasteiger partial charge in [0.15, 0.2) is 5.82 Å². The number of aromatic nitrogens is 2. The zero-order valence-electron chi connectivity index (χ0n) is 13.6. The third kappa shape index (κ3) is 3.90. The highest BCUT2D eigenvalue weighted by Crippen LogP contribution is 2.27. The number of hydrogen-bond donors (Lipinski definition) is 1. The standard InChI is InChI=1S/C20H16N2O3/c1-2-6-16-13-21-18(14-7-4-3-5-8-14)22-19(16)25-17-11-9-15(10-12-17)20(23)24/h2-13H,1H3,(H,23,24)/b6-2+. The van der Waals surface area contributed by atoms with E-state index < -0.39 is 5.97 Å². The van der Waals surface area contributed by atoms with Crippen LogP contribution in [0.4, 0.5) is 0 Å². The summed E-state index contributed by atoms with van der Waals surface area (Å²) in [5.41, 5.74) is 1.83. The molecule has 0 fully saturated rings. The molecule has 3 aromatic rings. The Labute approximate surface area is 145 Å². The zero-order valence-corrected chi connectivity index (χ0v) is 13.6. The number of allylic oxidation sites excluding steroid dienone is 1.